The second-order valence-corrected chi connectivity index (χ2v) is 7.15. The Morgan fingerprint density at radius 2 is 2.04 bits per heavy atom. The lowest BCUT2D eigenvalue weighted by molar-refractivity contribution is 0.0859. The Morgan fingerprint density at radius 3 is 2.92 bits per heavy atom. The van der Waals surface area contributed by atoms with Gasteiger partial charge in [-0.2, -0.15) is 0 Å². The number of rotatable bonds is 3. The molecular formula is C23H21NO2. The molecule has 1 saturated heterocycles. The summed E-state index contributed by atoms with van der Waals surface area (Å²) in [7, 11) is 0. The Labute approximate surface area is 152 Å². The maximum atomic E-state index is 12.9. The van der Waals surface area contributed by atoms with Crippen molar-refractivity contribution in [2.75, 3.05) is 13.2 Å². The molecule has 1 atom stereocenters. The van der Waals surface area contributed by atoms with Gasteiger partial charge in [0.15, 0.2) is 0 Å². The molecule has 1 N–H and O–H groups in total. The maximum absolute atomic E-state index is 12.9. The highest BCUT2D eigenvalue weighted by Gasteiger charge is 2.19. The topological polar surface area (TPSA) is 38.3 Å². The molecule has 130 valence electrons. The van der Waals surface area contributed by atoms with Gasteiger partial charge in [-0.1, -0.05) is 48.6 Å². The molecule has 26 heavy (non-hydrogen) atoms. The molecule has 3 heteroatoms. The second kappa shape index (κ2) is 6.26. The zero-order valence-electron chi connectivity index (χ0n) is 14.6. The molecule has 1 aliphatic carbocycles. The third-order valence-corrected chi connectivity index (χ3v) is 5.55. The van der Waals surface area contributed by atoms with E-state index in [0.717, 1.165) is 47.6 Å². The molecule has 1 heterocycles. The maximum Gasteiger partial charge on any atom is 0.252 e. The van der Waals surface area contributed by atoms with Crippen LogP contribution >= 0.6 is 0 Å². The molecule has 1 fully saturated rings. The summed E-state index contributed by atoms with van der Waals surface area (Å²) < 4.78 is 5.63. The van der Waals surface area contributed by atoms with Crippen molar-refractivity contribution >= 4 is 33.5 Å². The minimum absolute atomic E-state index is 0.0189. The molecule has 1 amide bonds. The zero-order valence-corrected chi connectivity index (χ0v) is 14.6. The highest BCUT2D eigenvalue weighted by atomic mass is 16.5. The Bertz CT molecular complexity index is 1040. The van der Waals surface area contributed by atoms with Gasteiger partial charge in [0.05, 0.1) is 6.10 Å². The van der Waals surface area contributed by atoms with Crippen LogP contribution in [-0.4, -0.2) is 25.2 Å². The number of fused-ring (bicyclic) bond motifs is 5. The highest BCUT2D eigenvalue weighted by molar-refractivity contribution is 6.19. The lowest BCUT2D eigenvalue weighted by atomic mass is 9.93. The van der Waals surface area contributed by atoms with E-state index in [-0.39, 0.29) is 12.0 Å². The molecule has 1 unspecified atom stereocenters. The van der Waals surface area contributed by atoms with E-state index < -0.39 is 0 Å². The fourth-order valence-electron chi connectivity index (χ4n) is 4.24. The van der Waals surface area contributed by atoms with E-state index in [1.54, 1.807) is 0 Å². The first-order chi connectivity index (χ1) is 12.8. The Kier molecular flexibility index (Phi) is 3.75. The van der Waals surface area contributed by atoms with Crippen LogP contribution in [-0.2, 0) is 11.2 Å². The van der Waals surface area contributed by atoms with E-state index in [2.05, 4.69) is 47.8 Å². The largest absolute Gasteiger partial charge is 0.376 e. The Hall–Kier alpha value is -2.65. The SMILES string of the molecule is O=C(NCC1CCCO1)c1cccc2ccc3c4c(ccc3c12)CC=C4. The second-order valence-electron chi connectivity index (χ2n) is 7.15. The summed E-state index contributed by atoms with van der Waals surface area (Å²) in [6.07, 6.45) is 7.65. The van der Waals surface area contributed by atoms with Gasteiger partial charge in [-0.15, -0.1) is 0 Å². The molecule has 0 spiro atoms. The van der Waals surface area contributed by atoms with Gasteiger partial charge < -0.3 is 10.1 Å². The number of ether oxygens (including phenoxy) is 1. The van der Waals surface area contributed by atoms with Crippen LogP contribution in [0.1, 0.15) is 34.3 Å². The van der Waals surface area contributed by atoms with Gasteiger partial charge in [0.2, 0.25) is 0 Å². The van der Waals surface area contributed by atoms with Crippen LogP contribution in [0.2, 0.25) is 0 Å². The van der Waals surface area contributed by atoms with E-state index in [4.69, 9.17) is 4.74 Å². The number of hydrogen-bond donors (Lipinski definition) is 1. The van der Waals surface area contributed by atoms with Gasteiger partial charge >= 0.3 is 0 Å². The van der Waals surface area contributed by atoms with E-state index in [1.807, 2.05) is 12.1 Å². The van der Waals surface area contributed by atoms with Gasteiger partial charge in [-0.05, 0) is 52.6 Å². The molecule has 0 saturated carbocycles. The van der Waals surface area contributed by atoms with Crippen LogP contribution in [0.3, 0.4) is 0 Å². The fourth-order valence-corrected chi connectivity index (χ4v) is 4.24. The standard InChI is InChI=1S/C23H21NO2/c25-23(24-14-17-6-3-13-26-17)21-8-2-5-16-10-11-19-18-7-1-4-15(18)9-12-20(19)22(16)21/h1-2,5,7-12,17H,3-4,6,13-14H2,(H,24,25). The molecule has 5 rings (SSSR count). The number of carbonyl (C=O) groups is 1. The van der Waals surface area contributed by atoms with Crippen molar-refractivity contribution in [2.45, 2.75) is 25.4 Å². The zero-order chi connectivity index (χ0) is 17.5. The average Bonchev–Trinajstić information content (AvgIpc) is 3.36. The minimum Gasteiger partial charge on any atom is -0.376 e. The lowest BCUT2D eigenvalue weighted by Crippen LogP contribution is -2.31. The average molecular weight is 343 g/mol. The first-order valence-electron chi connectivity index (χ1n) is 9.35. The molecule has 2 aliphatic rings. The summed E-state index contributed by atoms with van der Waals surface area (Å²) in [5, 5.41) is 7.59. The van der Waals surface area contributed by atoms with Crippen LogP contribution in [0.5, 0.6) is 0 Å². The Morgan fingerprint density at radius 1 is 1.12 bits per heavy atom. The van der Waals surface area contributed by atoms with Crippen LogP contribution in [0.4, 0.5) is 0 Å². The first-order valence-corrected chi connectivity index (χ1v) is 9.35. The highest BCUT2D eigenvalue weighted by Crippen LogP contribution is 2.34. The normalized spacial score (nSPS) is 18.5. The van der Waals surface area contributed by atoms with Crippen molar-refractivity contribution in [1.82, 2.24) is 5.32 Å². The van der Waals surface area contributed by atoms with E-state index >= 15 is 0 Å². The minimum atomic E-state index is -0.0189. The van der Waals surface area contributed by atoms with Gasteiger partial charge in [0.25, 0.3) is 5.91 Å². The first kappa shape index (κ1) is 15.6. The van der Waals surface area contributed by atoms with Crippen molar-refractivity contribution in [3.8, 4) is 0 Å². The summed E-state index contributed by atoms with van der Waals surface area (Å²) in [5.74, 6) is -0.0189. The molecule has 0 radical (unpaired) electrons. The summed E-state index contributed by atoms with van der Waals surface area (Å²) in [5.41, 5.74) is 3.39. The van der Waals surface area contributed by atoms with Gasteiger partial charge in [-0.3, -0.25) is 4.79 Å². The monoisotopic (exact) mass is 343 g/mol. The third-order valence-electron chi connectivity index (χ3n) is 5.55. The van der Waals surface area contributed by atoms with Crippen LogP contribution in [0.25, 0.3) is 27.6 Å². The molecule has 0 aromatic heterocycles. The number of nitrogens with one attached hydrogen (secondary N) is 1. The predicted octanol–water partition coefficient (Wildman–Crippen LogP) is 4.47. The lowest BCUT2D eigenvalue weighted by Gasteiger charge is -2.14. The van der Waals surface area contributed by atoms with Gasteiger partial charge in [0, 0.05) is 24.1 Å². The summed E-state index contributed by atoms with van der Waals surface area (Å²) in [6.45, 7) is 1.39. The summed E-state index contributed by atoms with van der Waals surface area (Å²) in [4.78, 5) is 12.9. The van der Waals surface area contributed by atoms with Crippen molar-refractivity contribution in [3.05, 3.63) is 65.2 Å². The van der Waals surface area contributed by atoms with Crippen LogP contribution in [0, 0.1) is 0 Å². The quantitative estimate of drug-likeness (QED) is 0.713. The fraction of sp³-hybridized carbons (Fsp3) is 0.261. The number of amides is 1. The smallest absolute Gasteiger partial charge is 0.252 e. The number of allylic oxidation sites excluding steroid dienone is 1. The van der Waals surface area contributed by atoms with Crippen molar-refractivity contribution in [2.24, 2.45) is 0 Å². The van der Waals surface area contributed by atoms with Crippen molar-refractivity contribution in [1.29, 1.82) is 0 Å². The van der Waals surface area contributed by atoms with E-state index in [1.165, 1.54) is 16.5 Å². The molecule has 3 aromatic rings. The number of carbonyl (C=O) groups excluding carboxylic acids is 1. The summed E-state index contributed by atoms with van der Waals surface area (Å²) >= 11 is 0. The summed E-state index contributed by atoms with van der Waals surface area (Å²) in [6, 6.07) is 14.6. The number of hydrogen-bond acceptors (Lipinski definition) is 2. The van der Waals surface area contributed by atoms with Gasteiger partial charge in [-0.25, -0.2) is 0 Å². The van der Waals surface area contributed by atoms with Crippen molar-refractivity contribution in [3.63, 3.8) is 0 Å². The third kappa shape index (κ3) is 2.51. The van der Waals surface area contributed by atoms with Crippen LogP contribution in [0.15, 0.2) is 48.5 Å². The Balaban J connectivity index is 1.60. The molecule has 1 aliphatic heterocycles. The number of benzene rings is 3. The van der Waals surface area contributed by atoms with Crippen LogP contribution < -0.4 is 5.32 Å². The van der Waals surface area contributed by atoms with Crippen molar-refractivity contribution < 1.29 is 9.53 Å². The predicted molar refractivity (Wildman–Crippen MR) is 105 cm³/mol. The van der Waals surface area contributed by atoms with Gasteiger partial charge in [0.1, 0.15) is 0 Å². The molecule has 0 bridgehead atoms. The molecule has 3 aromatic carbocycles. The van der Waals surface area contributed by atoms with E-state index in [9.17, 15) is 4.79 Å². The molecular weight excluding hydrogens is 322 g/mol. The van der Waals surface area contributed by atoms with E-state index in [0.29, 0.717) is 6.54 Å². The molecule has 3 nitrogen and oxygen atoms in total.